The fourth-order valence-corrected chi connectivity index (χ4v) is 2.99. The van der Waals surface area contributed by atoms with E-state index in [1.165, 1.54) is 22.2 Å². The molecular formula is C15H17N3. The maximum absolute atomic E-state index is 8.69. The van der Waals surface area contributed by atoms with Gasteiger partial charge in [-0.3, -0.25) is 4.90 Å². The van der Waals surface area contributed by atoms with Gasteiger partial charge in [0.25, 0.3) is 0 Å². The number of aryl methyl sites for hydroxylation is 1. The summed E-state index contributed by atoms with van der Waals surface area (Å²) >= 11 is 0. The average Bonchev–Trinajstić information content (AvgIpc) is 2.71. The van der Waals surface area contributed by atoms with E-state index < -0.39 is 0 Å². The van der Waals surface area contributed by atoms with Crippen LogP contribution in [0, 0.1) is 11.3 Å². The van der Waals surface area contributed by atoms with Crippen molar-refractivity contribution in [3.8, 4) is 6.07 Å². The predicted octanol–water partition coefficient (Wildman–Crippen LogP) is 2.45. The van der Waals surface area contributed by atoms with Crippen molar-refractivity contribution in [3.63, 3.8) is 0 Å². The van der Waals surface area contributed by atoms with E-state index in [0.717, 1.165) is 26.1 Å². The molecule has 1 aromatic carbocycles. The van der Waals surface area contributed by atoms with Crippen molar-refractivity contribution < 1.29 is 0 Å². The molecule has 1 aromatic heterocycles. The number of aromatic nitrogens is 1. The first-order valence-corrected chi connectivity index (χ1v) is 6.45. The highest BCUT2D eigenvalue weighted by Gasteiger charge is 2.21. The molecule has 1 aliphatic rings. The van der Waals surface area contributed by atoms with Crippen LogP contribution in [0.3, 0.4) is 0 Å². The number of nitrogens with zero attached hydrogens (tertiary/aromatic N) is 3. The zero-order valence-corrected chi connectivity index (χ0v) is 10.7. The number of benzene rings is 1. The molecule has 3 heteroatoms. The highest BCUT2D eigenvalue weighted by atomic mass is 15.1. The van der Waals surface area contributed by atoms with Crippen LogP contribution in [-0.4, -0.2) is 22.6 Å². The van der Waals surface area contributed by atoms with Gasteiger partial charge in [-0.25, -0.2) is 0 Å². The molecule has 2 aromatic rings. The maximum Gasteiger partial charge on any atom is 0.0635 e. The maximum atomic E-state index is 8.69. The number of hydrogen-bond acceptors (Lipinski definition) is 2. The molecule has 0 radical (unpaired) electrons. The molecule has 0 bridgehead atoms. The molecule has 0 unspecified atom stereocenters. The molecule has 0 saturated carbocycles. The van der Waals surface area contributed by atoms with Crippen molar-refractivity contribution in [1.82, 2.24) is 9.47 Å². The SMILES string of the molecule is Cn1c2c(c3ccccc31)CN(CCC#N)CC2. The Morgan fingerprint density at radius 2 is 2.17 bits per heavy atom. The average molecular weight is 239 g/mol. The quantitative estimate of drug-likeness (QED) is 0.806. The van der Waals surface area contributed by atoms with E-state index in [-0.39, 0.29) is 0 Å². The smallest absolute Gasteiger partial charge is 0.0635 e. The molecule has 0 saturated heterocycles. The molecule has 0 aliphatic carbocycles. The van der Waals surface area contributed by atoms with Gasteiger partial charge in [-0.2, -0.15) is 5.26 Å². The molecule has 2 heterocycles. The normalized spacial score (nSPS) is 15.6. The highest BCUT2D eigenvalue weighted by molar-refractivity contribution is 5.85. The zero-order chi connectivity index (χ0) is 12.5. The van der Waals surface area contributed by atoms with E-state index in [4.69, 9.17) is 5.26 Å². The summed E-state index contributed by atoms with van der Waals surface area (Å²) in [6, 6.07) is 10.8. The third kappa shape index (κ3) is 1.70. The van der Waals surface area contributed by atoms with Crippen LogP contribution in [0.15, 0.2) is 24.3 Å². The molecule has 0 fully saturated rings. The van der Waals surface area contributed by atoms with E-state index in [2.05, 4.69) is 46.8 Å². The van der Waals surface area contributed by atoms with Crippen LogP contribution in [0.4, 0.5) is 0 Å². The lowest BCUT2D eigenvalue weighted by Crippen LogP contribution is -2.31. The summed E-state index contributed by atoms with van der Waals surface area (Å²) < 4.78 is 2.33. The first-order chi connectivity index (χ1) is 8.81. The Labute approximate surface area is 107 Å². The predicted molar refractivity (Wildman–Crippen MR) is 72.1 cm³/mol. The Bertz CT molecular complexity index is 618. The Morgan fingerprint density at radius 3 is 3.00 bits per heavy atom. The molecule has 0 amide bonds. The standard InChI is InChI=1S/C15H17N3/c1-17-14-6-3-2-5-12(14)13-11-18(9-4-8-16)10-7-15(13)17/h2-3,5-6H,4,7,9-11H2,1H3. The van der Waals surface area contributed by atoms with E-state index in [1.54, 1.807) is 0 Å². The van der Waals surface area contributed by atoms with Crippen molar-refractivity contribution in [1.29, 1.82) is 5.26 Å². The summed E-state index contributed by atoms with van der Waals surface area (Å²) in [7, 11) is 2.16. The fourth-order valence-electron chi connectivity index (χ4n) is 2.99. The van der Waals surface area contributed by atoms with Crippen molar-refractivity contribution in [2.24, 2.45) is 7.05 Å². The van der Waals surface area contributed by atoms with E-state index in [0.29, 0.717) is 6.42 Å². The summed E-state index contributed by atoms with van der Waals surface area (Å²) in [5.41, 5.74) is 4.24. The first kappa shape index (κ1) is 11.3. The molecule has 0 N–H and O–H groups in total. The van der Waals surface area contributed by atoms with Crippen molar-refractivity contribution in [3.05, 3.63) is 35.5 Å². The Morgan fingerprint density at radius 1 is 1.33 bits per heavy atom. The lowest BCUT2D eigenvalue weighted by molar-refractivity contribution is 0.258. The minimum atomic E-state index is 0.625. The van der Waals surface area contributed by atoms with Gasteiger partial charge in [-0.05, 0) is 11.6 Å². The van der Waals surface area contributed by atoms with Crippen LogP contribution in [0.5, 0.6) is 0 Å². The lowest BCUT2D eigenvalue weighted by atomic mass is 10.0. The number of para-hydroxylation sites is 1. The van der Waals surface area contributed by atoms with Crippen molar-refractivity contribution in [2.45, 2.75) is 19.4 Å². The number of nitriles is 1. The van der Waals surface area contributed by atoms with Gasteiger partial charge in [0.15, 0.2) is 0 Å². The second-order valence-corrected chi connectivity index (χ2v) is 4.94. The number of fused-ring (bicyclic) bond motifs is 3. The Balaban J connectivity index is 2.00. The number of hydrogen-bond donors (Lipinski definition) is 0. The van der Waals surface area contributed by atoms with Gasteiger partial charge in [0, 0.05) is 56.1 Å². The first-order valence-electron chi connectivity index (χ1n) is 6.45. The third-order valence-corrected chi connectivity index (χ3v) is 3.93. The van der Waals surface area contributed by atoms with Crippen molar-refractivity contribution in [2.75, 3.05) is 13.1 Å². The third-order valence-electron chi connectivity index (χ3n) is 3.93. The molecule has 18 heavy (non-hydrogen) atoms. The Hall–Kier alpha value is -1.79. The van der Waals surface area contributed by atoms with Gasteiger partial charge in [-0.1, -0.05) is 18.2 Å². The molecule has 0 atom stereocenters. The molecule has 1 aliphatic heterocycles. The van der Waals surface area contributed by atoms with Crippen LogP contribution >= 0.6 is 0 Å². The molecule has 92 valence electrons. The fraction of sp³-hybridized carbons (Fsp3) is 0.400. The van der Waals surface area contributed by atoms with Crippen LogP contribution in [0.25, 0.3) is 10.9 Å². The number of rotatable bonds is 2. The topological polar surface area (TPSA) is 32.0 Å². The van der Waals surface area contributed by atoms with Gasteiger partial charge in [0.1, 0.15) is 0 Å². The minimum absolute atomic E-state index is 0.625. The van der Waals surface area contributed by atoms with E-state index in [1.807, 2.05) is 0 Å². The van der Waals surface area contributed by atoms with Crippen LogP contribution < -0.4 is 0 Å². The van der Waals surface area contributed by atoms with Gasteiger partial charge in [0.05, 0.1) is 6.07 Å². The summed E-state index contributed by atoms with van der Waals surface area (Å²) in [6.45, 7) is 2.94. The van der Waals surface area contributed by atoms with Crippen LogP contribution in [0.2, 0.25) is 0 Å². The summed E-state index contributed by atoms with van der Waals surface area (Å²) in [4.78, 5) is 2.39. The monoisotopic (exact) mass is 239 g/mol. The van der Waals surface area contributed by atoms with Gasteiger partial charge in [-0.15, -0.1) is 0 Å². The molecule has 3 rings (SSSR count). The summed E-state index contributed by atoms with van der Waals surface area (Å²) in [6.07, 6.45) is 1.71. The zero-order valence-electron chi connectivity index (χ0n) is 10.7. The van der Waals surface area contributed by atoms with E-state index >= 15 is 0 Å². The van der Waals surface area contributed by atoms with Gasteiger partial charge < -0.3 is 4.57 Å². The van der Waals surface area contributed by atoms with E-state index in [9.17, 15) is 0 Å². The van der Waals surface area contributed by atoms with Crippen LogP contribution in [-0.2, 0) is 20.0 Å². The summed E-state index contributed by atoms with van der Waals surface area (Å²) in [5, 5.41) is 10.1. The van der Waals surface area contributed by atoms with Crippen LogP contribution in [0.1, 0.15) is 17.7 Å². The van der Waals surface area contributed by atoms with Gasteiger partial charge >= 0.3 is 0 Å². The molecule has 0 spiro atoms. The second kappa shape index (κ2) is 4.47. The highest BCUT2D eigenvalue weighted by Crippen LogP contribution is 2.29. The minimum Gasteiger partial charge on any atom is -0.347 e. The molecular weight excluding hydrogens is 222 g/mol. The van der Waals surface area contributed by atoms with Crippen molar-refractivity contribution >= 4 is 10.9 Å². The Kier molecular flexibility index (Phi) is 2.81. The summed E-state index contributed by atoms with van der Waals surface area (Å²) in [5.74, 6) is 0. The largest absolute Gasteiger partial charge is 0.347 e. The molecule has 3 nitrogen and oxygen atoms in total. The van der Waals surface area contributed by atoms with Gasteiger partial charge in [0.2, 0.25) is 0 Å². The second-order valence-electron chi connectivity index (χ2n) is 4.94. The lowest BCUT2D eigenvalue weighted by Gasteiger charge is -2.26.